The van der Waals surface area contributed by atoms with E-state index in [4.69, 9.17) is 6.42 Å². The van der Waals surface area contributed by atoms with Crippen molar-refractivity contribution in [3.8, 4) is 12.3 Å². The van der Waals surface area contributed by atoms with Crippen LogP contribution < -0.4 is 5.32 Å². The minimum Gasteiger partial charge on any atom is -0.311 e. The summed E-state index contributed by atoms with van der Waals surface area (Å²) in [4.78, 5) is 0. The maximum absolute atomic E-state index is 5.34. The predicted octanol–water partition coefficient (Wildman–Crippen LogP) is 3.98. The third-order valence-corrected chi connectivity index (χ3v) is 4.69. The van der Waals surface area contributed by atoms with Gasteiger partial charge in [-0.15, -0.1) is 12.3 Å². The van der Waals surface area contributed by atoms with Crippen LogP contribution >= 0.6 is 0 Å². The smallest absolute Gasteiger partial charge is 0.0238 e. The van der Waals surface area contributed by atoms with Gasteiger partial charge in [-0.3, -0.25) is 0 Å². The maximum Gasteiger partial charge on any atom is 0.0238 e. The fourth-order valence-corrected chi connectivity index (χ4v) is 2.97. The highest BCUT2D eigenvalue weighted by molar-refractivity contribution is 4.91. The van der Waals surface area contributed by atoms with Crippen LogP contribution in [0.15, 0.2) is 0 Å². The van der Waals surface area contributed by atoms with Crippen LogP contribution in [0.1, 0.15) is 66.2 Å². The Bertz CT molecular complexity index is 253. The van der Waals surface area contributed by atoms with Crippen molar-refractivity contribution >= 4 is 0 Å². The molecule has 1 fully saturated rings. The summed E-state index contributed by atoms with van der Waals surface area (Å²) >= 11 is 0. The van der Waals surface area contributed by atoms with E-state index in [9.17, 15) is 0 Å². The molecule has 0 saturated heterocycles. The average Bonchev–Trinajstić information content (AvgIpc) is 2.30. The normalized spacial score (nSPS) is 27.5. The van der Waals surface area contributed by atoms with Gasteiger partial charge >= 0.3 is 0 Å². The number of hydrogen-bond acceptors (Lipinski definition) is 1. The molecule has 0 spiro atoms. The van der Waals surface area contributed by atoms with E-state index in [1.165, 1.54) is 32.1 Å². The van der Waals surface area contributed by atoms with Crippen LogP contribution in [0, 0.1) is 23.7 Å². The molecule has 0 aliphatic heterocycles. The first-order chi connectivity index (χ1) is 7.99. The van der Waals surface area contributed by atoms with Crippen LogP contribution in [0.4, 0.5) is 0 Å². The Balaban J connectivity index is 2.34. The van der Waals surface area contributed by atoms with Gasteiger partial charge in [0, 0.05) is 18.5 Å². The van der Waals surface area contributed by atoms with E-state index >= 15 is 0 Å². The predicted molar refractivity (Wildman–Crippen MR) is 75.9 cm³/mol. The zero-order valence-corrected chi connectivity index (χ0v) is 12.1. The highest BCUT2D eigenvalue weighted by atomic mass is 14.9. The number of terminal acetylenes is 1. The molecule has 0 bridgehead atoms. The Morgan fingerprint density at radius 3 is 2.35 bits per heavy atom. The van der Waals surface area contributed by atoms with E-state index in [2.05, 4.69) is 38.9 Å². The second kappa shape index (κ2) is 6.45. The van der Waals surface area contributed by atoms with Crippen molar-refractivity contribution in [3.63, 3.8) is 0 Å². The Morgan fingerprint density at radius 2 is 1.88 bits per heavy atom. The number of hydrogen-bond donors (Lipinski definition) is 1. The Kier molecular flexibility index (Phi) is 5.53. The van der Waals surface area contributed by atoms with Gasteiger partial charge in [0.1, 0.15) is 0 Å². The summed E-state index contributed by atoms with van der Waals surface area (Å²) in [5, 5.41) is 3.67. The standard InChI is InChI=1S/C16H29N/c1-6-8-13(3)17-15-11-9-14(10-12-15)16(4,5)7-2/h1,13-15,17H,7-12H2,2-5H3. The van der Waals surface area contributed by atoms with Crippen LogP contribution in [-0.4, -0.2) is 12.1 Å². The van der Waals surface area contributed by atoms with Gasteiger partial charge in [0.15, 0.2) is 0 Å². The molecule has 17 heavy (non-hydrogen) atoms. The Labute approximate surface area is 108 Å². The van der Waals surface area contributed by atoms with Crippen LogP contribution in [0.25, 0.3) is 0 Å². The Hall–Kier alpha value is -0.480. The molecule has 1 unspecified atom stereocenters. The second-order valence-corrected chi connectivity index (χ2v) is 6.37. The van der Waals surface area contributed by atoms with E-state index in [0.717, 1.165) is 12.3 Å². The minimum absolute atomic E-state index is 0.473. The summed E-state index contributed by atoms with van der Waals surface area (Å²) in [6.07, 6.45) is 12.9. The topological polar surface area (TPSA) is 12.0 Å². The van der Waals surface area contributed by atoms with E-state index in [0.29, 0.717) is 17.5 Å². The summed E-state index contributed by atoms with van der Waals surface area (Å²) in [5.41, 5.74) is 0.523. The fourth-order valence-electron chi connectivity index (χ4n) is 2.97. The molecule has 1 aliphatic rings. The maximum atomic E-state index is 5.34. The SMILES string of the molecule is C#CCC(C)NC1CCC(C(C)(C)CC)CC1. The van der Waals surface area contributed by atoms with Crippen LogP contribution in [0.2, 0.25) is 0 Å². The monoisotopic (exact) mass is 235 g/mol. The highest BCUT2D eigenvalue weighted by Crippen LogP contribution is 2.40. The molecule has 1 rings (SSSR count). The second-order valence-electron chi connectivity index (χ2n) is 6.37. The third-order valence-electron chi connectivity index (χ3n) is 4.69. The zero-order valence-electron chi connectivity index (χ0n) is 12.1. The van der Waals surface area contributed by atoms with Crippen molar-refractivity contribution in [2.45, 2.75) is 78.3 Å². The number of nitrogens with one attached hydrogen (secondary N) is 1. The molecule has 1 aliphatic carbocycles. The first-order valence-electron chi connectivity index (χ1n) is 7.19. The van der Waals surface area contributed by atoms with Gasteiger partial charge in [-0.1, -0.05) is 27.2 Å². The summed E-state index contributed by atoms with van der Waals surface area (Å²) < 4.78 is 0. The third kappa shape index (κ3) is 4.36. The van der Waals surface area contributed by atoms with Crippen molar-refractivity contribution in [3.05, 3.63) is 0 Å². The van der Waals surface area contributed by atoms with Crippen LogP contribution in [-0.2, 0) is 0 Å². The van der Waals surface area contributed by atoms with Gasteiger partial charge in [0.25, 0.3) is 0 Å². The molecule has 0 heterocycles. The van der Waals surface area contributed by atoms with Gasteiger partial charge in [-0.25, -0.2) is 0 Å². The number of rotatable bonds is 5. The van der Waals surface area contributed by atoms with E-state index in [1.54, 1.807) is 0 Å². The zero-order chi connectivity index (χ0) is 12.9. The summed E-state index contributed by atoms with van der Waals surface area (Å²) in [6.45, 7) is 9.36. The van der Waals surface area contributed by atoms with Crippen LogP contribution in [0.3, 0.4) is 0 Å². The quantitative estimate of drug-likeness (QED) is 0.711. The summed E-state index contributed by atoms with van der Waals surface area (Å²) in [6, 6.07) is 1.17. The lowest BCUT2D eigenvalue weighted by Gasteiger charge is -2.39. The van der Waals surface area contributed by atoms with Gasteiger partial charge in [-0.2, -0.15) is 0 Å². The molecule has 1 heteroatoms. The molecule has 0 aromatic rings. The van der Waals surface area contributed by atoms with Crippen molar-refractivity contribution in [2.24, 2.45) is 11.3 Å². The first-order valence-corrected chi connectivity index (χ1v) is 7.19. The average molecular weight is 235 g/mol. The van der Waals surface area contributed by atoms with Crippen molar-refractivity contribution in [2.75, 3.05) is 0 Å². The molecular weight excluding hydrogens is 206 g/mol. The van der Waals surface area contributed by atoms with E-state index in [1.807, 2.05) is 0 Å². The summed E-state index contributed by atoms with van der Waals surface area (Å²) in [7, 11) is 0. The molecule has 0 aromatic carbocycles. The van der Waals surface area contributed by atoms with Crippen LogP contribution in [0.5, 0.6) is 0 Å². The van der Waals surface area contributed by atoms with Gasteiger partial charge in [0.2, 0.25) is 0 Å². The molecule has 0 aromatic heterocycles. The van der Waals surface area contributed by atoms with Crippen molar-refractivity contribution < 1.29 is 0 Å². The first kappa shape index (κ1) is 14.6. The largest absolute Gasteiger partial charge is 0.311 e. The van der Waals surface area contributed by atoms with Gasteiger partial charge in [-0.05, 0) is 43.9 Å². The molecule has 0 amide bonds. The van der Waals surface area contributed by atoms with Gasteiger partial charge < -0.3 is 5.32 Å². The minimum atomic E-state index is 0.473. The molecule has 1 saturated carbocycles. The van der Waals surface area contributed by atoms with Gasteiger partial charge in [0.05, 0.1) is 0 Å². The van der Waals surface area contributed by atoms with Crippen molar-refractivity contribution in [1.29, 1.82) is 0 Å². The molecule has 98 valence electrons. The lowest BCUT2D eigenvalue weighted by Crippen LogP contribution is -2.40. The van der Waals surface area contributed by atoms with E-state index in [-0.39, 0.29) is 0 Å². The highest BCUT2D eigenvalue weighted by Gasteiger charge is 2.31. The molecule has 0 radical (unpaired) electrons. The molecule has 1 atom stereocenters. The lowest BCUT2D eigenvalue weighted by atomic mass is 9.69. The van der Waals surface area contributed by atoms with Crippen molar-refractivity contribution in [1.82, 2.24) is 5.32 Å². The molecule has 1 nitrogen and oxygen atoms in total. The molecular formula is C16H29N. The van der Waals surface area contributed by atoms with E-state index < -0.39 is 0 Å². The lowest BCUT2D eigenvalue weighted by molar-refractivity contribution is 0.134. The molecule has 1 N–H and O–H groups in total. The Morgan fingerprint density at radius 1 is 1.29 bits per heavy atom. The summed E-state index contributed by atoms with van der Waals surface area (Å²) in [5.74, 6) is 3.65. The fraction of sp³-hybridized carbons (Fsp3) is 0.875.